The van der Waals surface area contributed by atoms with Crippen LogP contribution < -0.4 is 5.73 Å². The molecule has 0 amide bonds. The molecule has 0 spiro atoms. The molecule has 2 aromatic heterocycles. The first-order valence-corrected chi connectivity index (χ1v) is 5.65. The van der Waals surface area contributed by atoms with Crippen LogP contribution in [0.5, 0.6) is 0 Å². The van der Waals surface area contributed by atoms with Crippen LogP contribution in [0.25, 0.3) is 0 Å². The molecule has 0 fully saturated rings. The van der Waals surface area contributed by atoms with E-state index in [0.717, 1.165) is 15.9 Å². The molecule has 0 saturated carbocycles. The number of aryl methyl sites for hydroxylation is 1. The van der Waals surface area contributed by atoms with Gasteiger partial charge in [0, 0.05) is 36.4 Å². The number of nitrogens with zero attached hydrogens (tertiary/aromatic N) is 4. The Morgan fingerprint density at radius 2 is 2.31 bits per heavy atom. The Balaban J connectivity index is 2.14. The highest BCUT2D eigenvalue weighted by atomic mass is 79.9. The average Bonchev–Trinajstić information content (AvgIpc) is 2.64. The molecule has 0 aromatic carbocycles. The summed E-state index contributed by atoms with van der Waals surface area (Å²) in [5.74, 6) is 0.868. The van der Waals surface area contributed by atoms with Gasteiger partial charge in [0.25, 0.3) is 0 Å². The standard InChI is InChI=1S/C10H12BrN5/c1-16-10(14-6-15-16)3-9(12)7-2-8(11)5-13-4-7/h2,4-6,9H,3,12H2,1H3. The number of pyridine rings is 1. The first-order chi connectivity index (χ1) is 7.66. The molecule has 2 aromatic rings. The summed E-state index contributed by atoms with van der Waals surface area (Å²) in [5.41, 5.74) is 7.07. The molecule has 2 heterocycles. The van der Waals surface area contributed by atoms with Crippen LogP contribution in [-0.4, -0.2) is 19.7 Å². The van der Waals surface area contributed by atoms with Gasteiger partial charge in [-0.25, -0.2) is 4.98 Å². The van der Waals surface area contributed by atoms with Crippen LogP contribution in [-0.2, 0) is 13.5 Å². The molecule has 1 unspecified atom stereocenters. The van der Waals surface area contributed by atoms with Crippen LogP contribution in [0.4, 0.5) is 0 Å². The lowest BCUT2D eigenvalue weighted by molar-refractivity contribution is 0.628. The van der Waals surface area contributed by atoms with Gasteiger partial charge in [-0.15, -0.1) is 0 Å². The fourth-order valence-corrected chi connectivity index (χ4v) is 1.83. The van der Waals surface area contributed by atoms with E-state index in [4.69, 9.17) is 5.73 Å². The number of hydrogen-bond acceptors (Lipinski definition) is 4. The third-order valence-corrected chi connectivity index (χ3v) is 2.80. The normalized spacial score (nSPS) is 12.7. The quantitative estimate of drug-likeness (QED) is 0.918. The van der Waals surface area contributed by atoms with Crippen LogP contribution in [0.2, 0.25) is 0 Å². The van der Waals surface area contributed by atoms with Gasteiger partial charge in [0.2, 0.25) is 0 Å². The van der Waals surface area contributed by atoms with Gasteiger partial charge >= 0.3 is 0 Å². The van der Waals surface area contributed by atoms with Crippen molar-refractivity contribution in [2.75, 3.05) is 0 Å². The Morgan fingerprint density at radius 3 is 2.94 bits per heavy atom. The second kappa shape index (κ2) is 4.71. The maximum absolute atomic E-state index is 6.08. The highest BCUT2D eigenvalue weighted by molar-refractivity contribution is 9.10. The third-order valence-electron chi connectivity index (χ3n) is 2.36. The van der Waals surface area contributed by atoms with Gasteiger partial charge in [0.1, 0.15) is 12.2 Å². The predicted molar refractivity (Wildman–Crippen MR) is 63.6 cm³/mol. The molecule has 2 N–H and O–H groups in total. The Kier molecular flexibility index (Phi) is 3.31. The van der Waals surface area contributed by atoms with Crippen molar-refractivity contribution in [2.24, 2.45) is 12.8 Å². The summed E-state index contributed by atoms with van der Waals surface area (Å²) in [6.07, 6.45) is 5.68. The number of halogens is 1. The molecule has 0 radical (unpaired) electrons. The number of nitrogens with two attached hydrogens (primary N) is 1. The number of rotatable bonds is 3. The fourth-order valence-electron chi connectivity index (χ4n) is 1.45. The van der Waals surface area contributed by atoms with Crippen LogP contribution in [0.1, 0.15) is 17.4 Å². The zero-order valence-electron chi connectivity index (χ0n) is 8.84. The maximum atomic E-state index is 6.08. The van der Waals surface area contributed by atoms with Crippen molar-refractivity contribution in [3.63, 3.8) is 0 Å². The molecule has 1 atom stereocenters. The van der Waals surface area contributed by atoms with E-state index in [1.54, 1.807) is 17.1 Å². The summed E-state index contributed by atoms with van der Waals surface area (Å²) in [4.78, 5) is 8.23. The lowest BCUT2D eigenvalue weighted by Crippen LogP contribution is -2.16. The predicted octanol–water partition coefficient (Wildman–Crippen LogP) is 1.22. The van der Waals surface area contributed by atoms with Crippen molar-refractivity contribution in [1.29, 1.82) is 0 Å². The van der Waals surface area contributed by atoms with Gasteiger partial charge < -0.3 is 5.73 Å². The summed E-state index contributed by atoms with van der Waals surface area (Å²) in [6.45, 7) is 0. The second-order valence-electron chi connectivity index (χ2n) is 3.55. The summed E-state index contributed by atoms with van der Waals surface area (Å²) >= 11 is 3.37. The molecule has 5 nitrogen and oxygen atoms in total. The number of aromatic nitrogens is 4. The van der Waals surface area contributed by atoms with E-state index in [2.05, 4.69) is 31.0 Å². The van der Waals surface area contributed by atoms with Crippen molar-refractivity contribution in [3.8, 4) is 0 Å². The molecule has 0 aliphatic heterocycles. The summed E-state index contributed by atoms with van der Waals surface area (Å²) < 4.78 is 2.66. The maximum Gasteiger partial charge on any atom is 0.138 e. The monoisotopic (exact) mass is 281 g/mol. The van der Waals surface area contributed by atoms with Crippen LogP contribution in [0.15, 0.2) is 29.3 Å². The van der Waals surface area contributed by atoms with Crippen molar-refractivity contribution in [1.82, 2.24) is 19.7 Å². The fraction of sp³-hybridized carbons (Fsp3) is 0.300. The lowest BCUT2D eigenvalue weighted by Gasteiger charge is -2.10. The summed E-state index contributed by atoms with van der Waals surface area (Å²) in [7, 11) is 1.86. The van der Waals surface area contributed by atoms with Crippen molar-refractivity contribution < 1.29 is 0 Å². The minimum atomic E-state index is -0.118. The molecule has 0 saturated heterocycles. The molecule has 0 aliphatic rings. The van der Waals surface area contributed by atoms with Crippen LogP contribution >= 0.6 is 15.9 Å². The number of hydrogen-bond donors (Lipinski definition) is 1. The minimum absolute atomic E-state index is 0.118. The third kappa shape index (κ3) is 2.45. The molecule has 0 bridgehead atoms. The van der Waals surface area contributed by atoms with E-state index >= 15 is 0 Å². The van der Waals surface area contributed by atoms with Gasteiger partial charge in [-0.1, -0.05) is 0 Å². The van der Waals surface area contributed by atoms with Gasteiger partial charge in [-0.2, -0.15) is 5.10 Å². The molecule has 16 heavy (non-hydrogen) atoms. The lowest BCUT2D eigenvalue weighted by atomic mass is 10.1. The van der Waals surface area contributed by atoms with Gasteiger partial charge in [-0.05, 0) is 27.6 Å². The Labute approximate surface area is 102 Å². The molecular formula is C10H12BrN5. The molecule has 2 rings (SSSR count). The smallest absolute Gasteiger partial charge is 0.138 e. The SMILES string of the molecule is Cn1ncnc1CC(N)c1cncc(Br)c1. The molecule has 84 valence electrons. The molecule has 0 aliphatic carbocycles. The average molecular weight is 282 g/mol. The first kappa shape index (κ1) is 11.2. The minimum Gasteiger partial charge on any atom is -0.324 e. The van der Waals surface area contributed by atoms with Crippen LogP contribution in [0, 0.1) is 0 Å². The summed E-state index contributed by atoms with van der Waals surface area (Å²) in [5, 5.41) is 4.01. The highest BCUT2D eigenvalue weighted by Gasteiger charge is 2.11. The zero-order valence-corrected chi connectivity index (χ0v) is 10.4. The Bertz CT molecular complexity index is 482. The molecular weight excluding hydrogens is 270 g/mol. The van der Waals surface area contributed by atoms with Gasteiger partial charge in [0.15, 0.2) is 0 Å². The van der Waals surface area contributed by atoms with E-state index in [9.17, 15) is 0 Å². The van der Waals surface area contributed by atoms with E-state index in [1.165, 1.54) is 6.33 Å². The molecule has 6 heteroatoms. The van der Waals surface area contributed by atoms with Gasteiger partial charge in [0.05, 0.1) is 0 Å². The topological polar surface area (TPSA) is 69.6 Å². The zero-order chi connectivity index (χ0) is 11.5. The first-order valence-electron chi connectivity index (χ1n) is 4.85. The summed E-state index contributed by atoms with van der Waals surface area (Å²) in [6, 6.07) is 1.85. The van der Waals surface area contributed by atoms with E-state index in [0.29, 0.717) is 6.42 Å². The van der Waals surface area contributed by atoms with Crippen LogP contribution in [0.3, 0.4) is 0 Å². The Hall–Kier alpha value is -1.27. The van der Waals surface area contributed by atoms with Crippen molar-refractivity contribution >= 4 is 15.9 Å². The second-order valence-corrected chi connectivity index (χ2v) is 4.46. The van der Waals surface area contributed by atoms with Crippen molar-refractivity contribution in [3.05, 3.63) is 40.6 Å². The van der Waals surface area contributed by atoms with E-state index < -0.39 is 0 Å². The largest absolute Gasteiger partial charge is 0.324 e. The van der Waals surface area contributed by atoms with E-state index in [1.807, 2.05) is 13.1 Å². The van der Waals surface area contributed by atoms with E-state index in [-0.39, 0.29) is 6.04 Å². The van der Waals surface area contributed by atoms with Crippen molar-refractivity contribution in [2.45, 2.75) is 12.5 Å². The highest BCUT2D eigenvalue weighted by Crippen LogP contribution is 2.17. The Morgan fingerprint density at radius 1 is 1.50 bits per heavy atom. The van der Waals surface area contributed by atoms with Gasteiger partial charge in [-0.3, -0.25) is 9.67 Å².